The van der Waals surface area contributed by atoms with Crippen LogP contribution in [0.25, 0.3) is 0 Å². The number of rotatable bonds is 47. The molecule has 2 rings (SSSR count). The lowest BCUT2D eigenvalue weighted by Crippen LogP contribution is -2.67. The Morgan fingerprint density at radius 2 is 0.872 bits per heavy atom. The van der Waals surface area contributed by atoms with Crippen molar-refractivity contribution in [2.75, 3.05) is 34.5 Å². The summed E-state index contributed by atoms with van der Waals surface area (Å²) in [4.78, 5) is 41.0. The van der Waals surface area contributed by atoms with Gasteiger partial charge in [0.1, 0.15) is 42.6 Å². The van der Waals surface area contributed by atoms with E-state index in [1.807, 2.05) is 0 Å². The van der Waals surface area contributed by atoms with Crippen molar-refractivity contribution in [2.45, 2.75) is 312 Å². The number of esters is 1. The molecule has 2 amide bonds. The van der Waals surface area contributed by atoms with Gasteiger partial charge in [-0.05, 0) is 19.3 Å². The highest BCUT2D eigenvalue weighted by Gasteiger charge is 2.51. The zero-order valence-electron chi connectivity index (χ0n) is 49.1. The van der Waals surface area contributed by atoms with Crippen LogP contribution in [0.1, 0.15) is 233 Å². The second-order valence-electron chi connectivity index (χ2n) is 21.4. The zero-order chi connectivity index (χ0) is 55.1. The van der Waals surface area contributed by atoms with E-state index in [9.17, 15) is 34.8 Å². The van der Waals surface area contributed by atoms with E-state index in [1.165, 1.54) is 116 Å². The monoisotopic (exact) mass is 1150 g/mol. The van der Waals surface area contributed by atoms with Gasteiger partial charge in [0, 0.05) is 30.8 Å². The Bertz CT molecular complexity index is 1430. The molecule has 2 heterocycles. The maximum atomic E-state index is 14.0. The Balaban J connectivity index is 0. The Kier molecular flexibility index (Phi) is 50.1. The molecule has 10 unspecified atom stereocenters. The van der Waals surface area contributed by atoms with Crippen LogP contribution in [0.3, 0.4) is 0 Å². The summed E-state index contributed by atoms with van der Waals surface area (Å²) in [5.41, 5.74) is 0. The van der Waals surface area contributed by atoms with Crippen molar-refractivity contribution in [3.05, 3.63) is 0 Å². The molecule has 0 aromatic heterocycles. The molecule has 2 saturated heterocycles. The van der Waals surface area contributed by atoms with E-state index in [2.05, 4.69) is 40.9 Å². The van der Waals surface area contributed by atoms with Crippen LogP contribution in [0.5, 0.6) is 0 Å². The minimum Gasteiger partial charge on any atom is -0.457 e. The van der Waals surface area contributed by atoms with Gasteiger partial charge in [0.25, 0.3) is 0 Å². The first-order valence-electron chi connectivity index (χ1n) is 29.7. The van der Waals surface area contributed by atoms with Gasteiger partial charge < -0.3 is 85.2 Å². The summed E-state index contributed by atoms with van der Waals surface area (Å²) in [6.45, 7) is 5.56. The maximum Gasteiger partial charge on any atom is 0.308 e. The number of carbonyl (C=O) groups is 3. The van der Waals surface area contributed by atoms with E-state index < -0.39 is 104 Å². The first-order valence-corrected chi connectivity index (χ1v) is 30.2. The molecule has 466 valence electrons. The van der Waals surface area contributed by atoms with Gasteiger partial charge in [-0.2, -0.15) is 0 Å². The molecule has 0 aromatic carbocycles. The molecular weight excluding hydrogens is 1030 g/mol. The standard InChI is InChI=1S/C57H109N2O15P.3H2O/c1-7-10-13-16-19-22-25-28-31-34-42(67-4)37-47(61)58-50-53(65)52(64)46(71-56(50)66)41-70-57-51(59-48(62)38-43(68-5)35-32-29-26-23-20-17-14-11-8-2)55(54(74-75)45(40-60)72-57)73-49(63)39-44(69-6)36-33-30-27-24-21-18-15-12-9-3;;;/h42-46,50-57,60,64-66H,7-41,75H2,1-6H3,(H,58,61)(H,59,62);3*1H2/t42?,43?,44?,45?,46?,50?,51?,52-,53?,54-,55?,56-,57-;;;/m1.../s1. The molecule has 0 spiro atoms. The van der Waals surface area contributed by atoms with Crippen molar-refractivity contribution < 1.29 is 88.9 Å². The average molecular weight is 1150 g/mol. The van der Waals surface area contributed by atoms with Crippen LogP contribution >= 0.6 is 9.47 Å². The van der Waals surface area contributed by atoms with Gasteiger partial charge in [-0.25, -0.2) is 0 Å². The molecule has 20 nitrogen and oxygen atoms in total. The molecule has 0 aliphatic carbocycles. The van der Waals surface area contributed by atoms with Gasteiger partial charge >= 0.3 is 5.97 Å². The van der Waals surface area contributed by atoms with Crippen LogP contribution in [0.2, 0.25) is 0 Å². The lowest BCUT2D eigenvalue weighted by atomic mass is 9.95. The third-order valence-electron chi connectivity index (χ3n) is 15.2. The van der Waals surface area contributed by atoms with Gasteiger partial charge in [0.15, 0.2) is 18.7 Å². The SMILES string of the molecule is CCCCCCCCCCCC(CC(=O)NC1C(OC(=O)CC(CCCCCCCCCCC)OC)[C@H](OP)C(CO)O[C@H]1OCC1O[C@@H](O)C(NC(=O)CC(CCCCCCCCCCC)OC)C(O)[C@@H]1O)OC.O.O.O. The van der Waals surface area contributed by atoms with Gasteiger partial charge in [0.2, 0.25) is 11.8 Å². The number of hydrogen-bond donors (Lipinski definition) is 6. The van der Waals surface area contributed by atoms with Crippen LogP contribution in [0, 0.1) is 0 Å². The van der Waals surface area contributed by atoms with Gasteiger partial charge in [-0.15, -0.1) is 0 Å². The highest BCUT2D eigenvalue weighted by molar-refractivity contribution is 7.09. The fraction of sp³-hybridized carbons (Fsp3) is 0.947. The molecule has 21 heteroatoms. The molecule has 78 heavy (non-hydrogen) atoms. The Labute approximate surface area is 472 Å². The summed E-state index contributed by atoms with van der Waals surface area (Å²) in [5.74, 6) is -1.53. The smallest absolute Gasteiger partial charge is 0.308 e. The molecule has 0 bridgehead atoms. The molecule has 0 saturated carbocycles. The van der Waals surface area contributed by atoms with Crippen LogP contribution in [0.4, 0.5) is 0 Å². The van der Waals surface area contributed by atoms with Crippen molar-refractivity contribution >= 4 is 27.3 Å². The van der Waals surface area contributed by atoms with E-state index in [1.54, 1.807) is 21.3 Å². The predicted molar refractivity (Wildman–Crippen MR) is 306 cm³/mol. The molecule has 2 aliphatic rings. The largest absolute Gasteiger partial charge is 0.457 e. The van der Waals surface area contributed by atoms with Crippen molar-refractivity contribution in [1.82, 2.24) is 10.6 Å². The van der Waals surface area contributed by atoms with Gasteiger partial charge in [-0.1, -0.05) is 194 Å². The number of amides is 2. The van der Waals surface area contributed by atoms with E-state index in [-0.39, 0.29) is 41.8 Å². The molecule has 2 fully saturated rings. The number of nitrogens with one attached hydrogen (secondary N) is 2. The van der Waals surface area contributed by atoms with Gasteiger partial charge in [0.05, 0.1) is 50.8 Å². The summed E-state index contributed by atoms with van der Waals surface area (Å²) in [6.07, 6.45) is 20.9. The Morgan fingerprint density at radius 1 is 0.500 bits per heavy atom. The predicted octanol–water partition coefficient (Wildman–Crippen LogP) is 6.72. The second kappa shape index (κ2) is 49.9. The van der Waals surface area contributed by atoms with Crippen LogP contribution < -0.4 is 10.6 Å². The molecule has 0 aromatic rings. The molecule has 14 atom stereocenters. The average Bonchev–Trinajstić information content (AvgIpc) is 3.40. The minimum atomic E-state index is -1.74. The summed E-state index contributed by atoms with van der Waals surface area (Å²) in [5, 5.41) is 49.8. The topological polar surface area (TPSA) is 325 Å². The number of ether oxygens (including phenoxy) is 7. The van der Waals surface area contributed by atoms with Crippen molar-refractivity contribution in [2.24, 2.45) is 0 Å². The van der Waals surface area contributed by atoms with Crippen molar-refractivity contribution in [3.8, 4) is 0 Å². The van der Waals surface area contributed by atoms with Crippen LogP contribution in [0.15, 0.2) is 0 Å². The molecule has 12 N–H and O–H groups in total. The molecular formula is C57H115N2O18P. The normalized spacial score (nSPS) is 24.2. The Hall–Kier alpha value is -1.72. The zero-order valence-corrected chi connectivity index (χ0v) is 50.3. The molecule has 0 radical (unpaired) electrons. The van der Waals surface area contributed by atoms with Crippen LogP contribution in [-0.4, -0.2) is 169 Å². The third kappa shape index (κ3) is 32.8. The highest BCUT2D eigenvalue weighted by atomic mass is 31.0. The van der Waals surface area contributed by atoms with Crippen LogP contribution in [-0.2, 0) is 52.1 Å². The van der Waals surface area contributed by atoms with E-state index in [0.717, 1.165) is 57.8 Å². The summed E-state index contributed by atoms with van der Waals surface area (Å²) in [7, 11) is 6.81. The fourth-order valence-corrected chi connectivity index (χ4v) is 10.7. The van der Waals surface area contributed by atoms with E-state index in [4.69, 9.17) is 37.7 Å². The summed E-state index contributed by atoms with van der Waals surface area (Å²) in [6, 6.07) is -2.58. The number of aliphatic hydroxyl groups is 4. The Morgan fingerprint density at radius 3 is 1.24 bits per heavy atom. The summed E-state index contributed by atoms with van der Waals surface area (Å²) < 4.78 is 47.1. The lowest BCUT2D eigenvalue weighted by Gasteiger charge is -2.46. The first-order chi connectivity index (χ1) is 36.4. The maximum absolute atomic E-state index is 14.0. The molecule has 2 aliphatic heterocycles. The highest BCUT2D eigenvalue weighted by Crippen LogP contribution is 2.31. The number of methoxy groups -OCH3 is 3. The van der Waals surface area contributed by atoms with Crippen molar-refractivity contribution in [3.63, 3.8) is 0 Å². The number of unbranched alkanes of at least 4 members (excludes halogenated alkanes) is 24. The fourth-order valence-electron chi connectivity index (χ4n) is 10.3. The van der Waals surface area contributed by atoms with Crippen molar-refractivity contribution in [1.29, 1.82) is 0 Å². The second-order valence-corrected chi connectivity index (χ2v) is 21.7. The first kappa shape index (κ1) is 78.3. The number of hydrogen-bond acceptors (Lipinski definition) is 15. The third-order valence-corrected chi connectivity index (χ3v) is 15.5. The van der Waals surface area contributed by atoms with Gasteiger partial charge in [-0.3, -0.25) is 14.4 Å². The quantitative estimate of drug-likeness (QED) is 0.0209. The van der Waals surface area contributed by atoms with E-state index >= 15 is 0 Å². The summed E-state index contributed by atoms with van der Waals surface area (Å²) >= 11 is 0. The minimum absolute atomic E-state index is 0. The van der Waals surface area contributed by atoms with E-state index in [0.29, 0.717) is 19.3 Å². The number of aliphatic hydroxyl groups excluding tert-OH is 4. The number of carbonyl (C=O) groups excluding carboxylic acids is 3. The lowest BCUT2D eigenvalue weighted by molar-refractivity contribution is -0.296.